The van der Waals surface area contributed by atoms with Gasteiger partial charge in [-0.2, -0.15) is 11.3 Å². The molecule has 0 aliphatic rings. The number of pyridine rings is 1. The zero-order chi connectivity index (χ0) is 39.3. The summed E-state index contributed by atoms with van der Waals surface area (Å²) in [6, 6.07) is 46.5. The topological polar surface area (TPSA) is 30.7 Å². The fraction of sp³-hybridized carbons (Fsp3) is 0.250. The van der Waals surface area contributed by atoms with E-state index in [-0.39, 0.29) is 25.5 Å². The zero-order valence-electron chi connectivity index (χ0n) is 34.6. The van der Waals surface area contributed by atoms with Crippen molar-refractivity contribution < 1.29 is 22.8 Å². The van der Waals surface area contributed by atoms with Gasteiger partial charge in [-0.1, -0.05) is 121 Å². The van der Waals surface area contributed by atoms with Crippen molar-refractivity contribution in [1.29, 1.82) is 0 Å². The number of hydrogen-bond donors (Lipinski definition) is 0. The van der Waals surface area contributed by atoms with Crippen LogP contribution in [0.3, 0.4) is 0 Å². The molecular weight excluding hydrogens is 871 g/mol. The summed E-state index contributed by atoms with van der Waals surface area (Å²) in [6.07, 6.45) is 0.469. The average molecular weight is 922 g/mol. The van der Waals surface area contributed by atoms with Crippen LogP contribution in [0.15, 0.2) is 121 Å². The van der Waals surface area contributed by atoms with Crippen molar-refractivity contribution in [3.63, 3.8) is 0 Å². The maximum Gasteiger partial charge on any atom is 0.0798 e. The normalized spacial score (nSPS) is 12.9. The molecule has 277 valence electrons. The second-order valence-corrected chi connectivity index (χ2v) is 22.9. The molecule has 5 aromatic carbocycles. The first-order valence-electron chi connectivity index (χ1n) is 19.3. The van der Waals surface area contributed by atoms with Crippen molar-refractivity contribution in [2.24, 2.45) is 5.41 Å². The number of benzene rings is 5. The molecule has 3 heterocycles. The maximum absolute atomic E-state index is 8.75. The van der Waals surface area contributed by atoms with Crippen molar-refractivity contribution in [1.82, 2.24) is 14.5 Å². The molecule has 0 aliphatic carbocycles. The van der Waals surface area contributed by atoms with E-state index in [0.717, 1.165) is 50.1 Å². The van der Waals surface area contributed by atoms with Crippen molar-refractivity contribution in [3.05, 3.63) is 145 Å². The van der Waals surface area contributed by atoms with Crippen LogP contribution in [-0.4, -0.2) is 22.6 Å². The predicted octanol–water partition coefficient (Wildman–Crippen LogP) is 12.8. The maximum atomic E-state index is 8.75. The van der Waals surface area contributed by atoms with Gasteiger partial charge in [0.2, 0.25) is 0 Å². The molecule has 0 saturated heterocycles. The van der Waals surface area contributed by atoms with Gasteiger partial charge in [-0.25, -0.2) is 0 Å². The zero-order valence-corrected chi connectivity index (χ0v) is 36.8. The summed E-state index contributed by atoms with van der Waals surface area (Å²) in [5.74, 6) is 0.925. The third kappa shape index (κ3) is 8.53. The minimum absolute atomic E-state index is 0. The van der Waals surface area contributed by atoms with Gasteiger partial charge in [-0.05, 0) is 74.1 Å². The van der Waals surface area contributed by atoms with Crippen LogP contribution in [0.4, 0.5) is 0 Å². The number of para-hydroxylation sites is 2. The molecule has 6 heteroatoms. The molecule has 0 saturated carbocycles. The molecule has 0 bridgehead atoms. The van der Waals surface area contributed by atoms with Crippen LogP contribution >= 0.6 is 11.3 Å². The monoisotopic (exact) mass is 922 g/mol. The molecule has 0 atom stereocenters. The van der Waals surface area contributed by atoms with E-state index in [1.807, 2.05) is 74.7 Å². The third-order valence-corrected chi connectivity index (χ3v) is 12.5. The van der Waals surface area contributed by atoms with E-state index in [2.05, 4.69) is 141 Å². The van der Waals surface area contributed by atoms with Crippen molar-refractivity contribution in [3.8, 4) is 28.3 Å². The van der Waals surface area contributed by atoms with Crippen LogP contribution in [-0.2, 0) is 31.9 Å². The largest absolute Gasteiger partial charge is 0.333 e. The van der Waals surface area contributed by atoms with E-state index < -0.39 is 19.9 Å². The van der Waals surface area contributed by atoms with Crippen LogP contribution in [0.1, 0.15) is 55.4 Å². The SMILES string of the molecule is CC(C)(C)c1ccc(-n2c(-c3[c-]cc4c(c3)sc3ccccc34)nc3ccccc32)cc1.[2H]C([2H])(c1cc(-c2[c-]cccc2)ncc1[Si](C)(C)C)C(C)(C)C.[Ir]. The van der Waals surface area contributed by atoms with Crippen LogP contribution < -0.4 is 5.19 Å². The van der Waals surface area contributed by atoms with E-state index >= 15 is 0 Å². The first kappa shape index (κ1) is 36.8. The molecule has 0 fully saturated rings. The van der Waals surface area contributed by atoms with Gasteiger partial charge in [0, 0.05) is 39.4 Å². The summed E-state index contributed by atoms with van der Waals surface area (Å²) in [7, 11) is -1.70. The fourth-order valence-corrected chi connectivity index (χ4v) is 9.15. The Morgan fingerprint density at radius 1 is 0.759 bits per heavy atom. The number of fused-ring (bicyclic) bond motifs is 4. The third-order valence-electron chi connectivity index (χ3n) is 9.31. The smallest absolute Gasteiger partial charge is 0.0798 e. The molecule has 54 heavy (non-hydrogen) atoms. The summed E-state index contributed by atoms with van der Waals surface area (Å²) in [6.45, 7) is 19.3. The van der Waals surface area contributed by atoms with Gasteiger partial charge in [0.15, 0.2) is 0 Å². The Morgan fingerprint density at radius 3 is 2.15 bits per heavy atom. The number of hydrogen-bond acceptors (Lipinski definition) is 3. The second-order valence-electron chi connectivity index (χ2n) is 16.8. The van der Waals surface area contributed by atoms with Crippen LogP contribution in [0, 0.1) is 17.5 Å². The van der Waals surface area contributed by atoms with Gasteiger partial charge in [-0.15, -0.1) is 59.7 Å². The minimum Gasteiger partial charge on any atom is -0.333 e. The molecule has 0 N–H and O–H groups in total. The Kier molecular flexibility index (Phi) is 10.6. The fourth-order valence-electron chi connectivity index (χ4n) is 6.63. The van der Waals surface area contributed by atoms with E-state index in [1.54, 1.807) is 0 Å². The standard InChI is InChI=1S/C29H23N2S.C19H26NSi.Ir/c1-29(2,3)20-13-15-21(16-14-20)31-25-10-6-5-9-24(25)30-28(31)19-12-17-23-22-8-4-7-11-26(22)32-27(23)18-19;1-19(2,3)13-16-12-17(15-10-8-7-9-11-15)20-14-18(16)21(4,5)6;/h4-11,13-18H,1-3H3;7-10,12,14H,13H2,1-6H3;/q2*-1;/i;13D2;. The summed E-state index contributed by atoms with van der Waals surface area (Å²) >= 11 is 1.83. The van der Waals surface area contributed by atoms with E-state index in [4.69, 9.17) is 7.73 Å². The van der Waals surface area contributed by atoms with Gasteiger partial charge < -0.3 is 9.55 Å². The van der Waals surface area contributed by atoms with Gasteiger partial charge in [0.25, 0.3) is 0 Å². The molecule has 0 spiro atoms. The van der Waals surface area contributed by atoms with Gasteiger partial charge in [0.05, 0.1) is 24.9 Å². The van der Waals surface area contributed by atoms with Crippen LogP contribution in [0.25, 0.3) is 59.5 Å². The van der Waals surface area contributed by atoms with Crippen molar-refractivity contribution in [2.45, 2.75) is 73.0 Å². The van der Waals surface area contributed by atoms with E-state index in [1.165, 1.54) is 25.7 Å². The van der Waals surface area contributed by atoms with Gasteiger partial charge in [-0.3, -0.25) is 4.98 Å². The molecule has 0 amide bonds. The summed E-state index contributed by atoms with van der Waals surface area (Å²) < 4.78 is 22.3. The number of imidazole rings is 1. The molecule has 0 aliphatic heterocycles. The predicted molar refractivity (Wildman–Crippen MR) is 232 cm³/mol. The number of thiophene rings is 1. The molecule has 8 rings (SSSR count). The Balaban J connectivity index is 0.000000198. The summed E-state index contributed by atoms with van der Waals surface area (Å²) in [5, 5.41) is 3.64. The number of nitrogens with zero attached hydrogens (tertiary/aromatic N) is 3. The quantitative estimate of drug-likeness (QED) is 0.127. The first-order chi connectivity index (χ1) is 25.9. The Hall–Kier alpha value is -4.19. The van der Waals surface area contributed by atoms with E-state index in [0.29, 0.717) is 0 Å². The molecule has 3 nitrogen and oxygen atoms in total. The Bertz CT molecular complexity index is 2630. The number of rotatable bonds is 5. The van der Waals surface area contributed by atoms with Crippen molar-refractivity contribution in [2.75, 3.05) is 0 Å². The Labute approximate surface area is 342 Å². The molecule has 0 unspecified atom stereocenters. The molecule has 8 aromatic rings. The number of aromatic nitrogens is 3. The molecule has 1 radical (unpaired) electrons. The van der Waals surface area contributed by atoms with Crippen LogP contribution in [0.5, 0.6) is 0 Å². The second kappa shape index (κ2) is 15.5. The minimum atomic E-state index is -1.70. The molecule has 3 aromatic heterocycles. The van der Waals surface area contributed by atoms with Crippen LogP contribution in [0.2, 0.25) is 19.6 Å². The average Bonchev–Trinajstić information content (AvgIpc) is 3.72. The molecular formula is C48H49IrN3SSi-2. The summed E-state index contributed by atoms with van der Waals surface area (Å²) in [4.78, 5) is 9.64. The van der Waals surface area contributed by atoms with Gasteiger partial charge in [0.1, 0.15) is 0 Å². The van der Waals surface area contributed by atoms with Gasteiger partial charge >= 0.3 is 0 Å². The van der Waals surface area contributed by atoms with E-state index in [9.17, 15) is 0 Å². The Morgan fingerprint density at radius 2 is 1.46 bits per heavy atom. The first-order valence-corrected chi connectivity index (χ1v) is 22.6. The summed E-state index contributed by atoms with van der Waals surface area (Å²) in [5.41, 5.74) is 7.67. The van der Waals surface area contributed by atoms with Crippen molar-refractivity contribution >= 4 is 55.8 Å².